The van der Waals surface area contributed by atoms with Gasteiger partial charge in [0.2, 0.25) is 5.91 Å². The number of hydrogen-bond donors (Lipinski definition) is 0. The molecule has 1 amide bonds. The number of rotatable bonds is 8. The number of amides is 1. The Bertz CT molecular complexity index is 1520. The summed E-state index contributed by atoms with van der Waals surface area (Å²) in [5.41, 5.74) is 3.49. The minimum atomic E-state index is -3.92. The fourth-order valence-corrected chi connectivity index (χ4v) is 7.52. The monoisotopic (exact) mass is 575 g/mol. The van der Waals surface area contributed by atoms with Gasteiger partial charge in [-0.2, -0.15) is 9.57 Å². The zero-order chi connectivity index (χ0) is 29.1. The Morgan fingerprint density at radius 3 is 2.61 bits per heavy atom. The lowest BCUT2D eigenvalue weighted by Gasteiger charge is -2.42. The molecule has 11 heteroatoms. The van der Waals surface area contributed by atoms with E-state index in [1.165, 1.54) is 6.20 Å². The molecular formula is C30H37N7O3S. The van der Waals surface area contributed by atoms with Crippen molar-refractivity contribution in [2.45, 2.75) is 50.7 Å². The minimum absolute atomic E-state index is 0.0298. The van der Waals surface area contributed by atoms with Crippen molar-refractivity contribution in [1.29, 1.82) is 5.26 Å². The fraction of sp³-hybridized carbons (Fsp3) is 0.467. The number of hydrogen-bond acceptors (Lipinski definition) is 7. The number of fused-ring (bicyclic) bond motifs is 1. The summed E-state index contributed by atoms with van der Waals surface area (Å²) in [4.78, 5) is 25.1. The average Bonchev–Trinajstić information content (AvgIpc) is 3.39. The number of piperidine rings is 1. The molecule has 1 saturated heterocycles. The molecule has 1 unspecified atom stereocenters. The summed E-state index contributed by atoms with van der Waals surface area (Å²) in [6, 6.07) is 12.4. The number of carbonyl (C=O) groups excluding carboxylic acids is 1. The Balaban J connectivity index is 1.48. The number of carbonyl (C=O) groups is 1. The summed E-state index contributed by atoms with van der Waals surface area (Å²) in [6.07, 6.45) is 7.06. The smallest absolute Gasteiger partial charge is 0.260 e. The third-order valence-electron chi connectivity index (χ3n) is 8.18. The lowest BCUT2D eigenvalue weighted by Crippen LogP contribution is -2.53. The lowest BCUT2D eigenvalue weighted by molar-refractivity contribution is -0.135. The third kappa shape index (κ3) is 6.14. The van der Waals surface area contributed by atoms with Crippen LogP contribution < -0.4 is 4.90 Å². The maximum absolute atomic E-state index is 14.2. The van der Waals surface area contributed by atoms with E-state index in [-0.39, 0.29) is 28.8 Å². The number of aromatic nitrogens is 3. The second-order valence-electron chi connectivity index (χ2n) is 11.4. The van der Waals surface area contributed by atoms with Gasteiger partial charge >= 0.3 is 0 Å². The van der Waals surface area contributed by atoms with E-state index in [1.807, 2.05) is 54.8 Å². The predicted octanol–water partition coefficient (Wildman–Crippen LogP) is 3.20. The number of benzene rings is 1. The minimum Gasteiger partial charge on any atom is -0.364 e. The van der Waals surface area contributed by atoms with Gasteiger partial charge in [-0.1, -0.05) is 19.9 Å². The maximum Gasteiger partial charge on any atom is 0.260 e. The molecule has 0 N–H and O–H groups in total. The molecule has 41 heavy (non-hydrogen) atoms. The number of likely N-dealkylation sites (tertiary alicyclic amines) is 1. The normalized spacial score (nSPS) is 18.0. The van der Waals surface area contributed by atoms with Crippen LogP contribution >= 0.6 is 0 Å². The van der Waals surface area contributed by atoms with Gasteiger partial charge in [0.15, 0.2) is 5.03 Å². The first-order valence-corrected chi connectivity index (χ1v) is 15.6. The van der Waals surface area contributed by atoms with Gasteiger partial charge in [0.1, 0.15) is 0 Å². The summed E-state index contributed by atoms with van der Waals surface area (Å²) in [5, 5.41) is 9.62. The van der Waals surface area contributed by atoms with Gasteiger partial charge in [0, 0.05) is 63.3 Å². The summed E-state index contributed by atoms with van der Waals surface area (Å²) in [5.74, 6) is 0.199. The molecule has 10 nitrogen and oxygen atoms in total. The molecule has 0 saturated carbocycles. The fourth-order valence-electron chi connectivity index (χ4n) is 5.89. The molecule has 0 radical (unpaired) electrons. The van der Waals surface area contributed by atoms with Crippen molar-refractivity contribution in [2.75, 3.05) is 31.1 Å². The first kappa shape index (κ1) is 28.8. The highest BCUT2D eigenvalue weighted by Crippen LogP contribution is 2.34. The van der Waals surface area contributed by atoms with E-state index in [0.29, 0.717) is 44.7 Å². The van der Waals surface area contributed by atoms with Crippen molar-refractivity contribution < 1.29 is 13.2 Å². The van der Waals surface area contributed by atoms with Crippen molar-refractivity contribution in [1.82, 2.24) is 23.7 Å². The van der Waals surface area contributed by atoms with E-state index in [0.717, 1.165) is 29.8 Å². The molecule has 4 heterocycles. The molecule has 2 aliphatic rings. The molecule has 1 atom stereocenters. The highest BCUT2D eigenvalue weighted by Gasteiger charge is 2.39. The highest BCUT2D eigenvalue weighted by molar-refractivity contribution is 7.89. The molecule has 5 rings (SSSR count). The van der Waals surface area contributed by atoms with Crippen LogP contribution in [-0.4, -0.2) is 70.3 Å². The number of nitriles is 1. The third-order valence-corrected chi connectivity index (χ3v) is 10.0. The Labute approximate surface area is 242 Å². The number of nitrogens with zero attached hydrogens (tertiary/aromatic N) is 7. The molecule has 2 aliphatic heterocycles. The number of sulfonamides is 1. The van der Waals surface area contributed by atoms with Crippen molar-refractivity contribution in [3.05, 3.63) is 71.9 Å². The Morgan fingerprint density at radius 2 is 1.98 bits per heavy atom. The number of anilines is 1. The Kier molecular flexibility index (Phi) is 8.42. The van der Waals surface area contributed by atoms with Crippen LogP contribution in [0.5, 0.6) is 0 Å². The van der Waals surface area contributed by atoms with E-state index in [9.17, 15) is 18.5 Å². The molecule has 0 bridgehead atoms. The standard InChI is InChI=1S/C30H37N7O3S/c1-22(2)30(38)35-12-9-23(10-13-35)18-37(41(39,40)29-6-4-5-11-33-29)26-15-25-14-24(16-31)7-8-28(25)36(19-26)20-27-17-32-21-34(27)3/h4-8,11,14,17,21-23,26H,9-10,12-13,15,18-20H2,1-3H3. The summed E-state index contributed by atoms with van der Waals surface area (Å²) in [7, 11) is -1.98. The summed E-state index contributed by atoms with van der Waals surface area (Å²) in [6.45, 7) is 6.46. The summed E-state index contributed by atoms with van der Waals surface area (Å²) < 4.78 is 32.0. The zero-order valence-corrected chi connectivity index (χ0v) is 24.7. The number of aryl methyl sites for hydroxylation is 1. The van der Waals surface area contributed by atoms with Crippen LogP contribution in [-0.2, 0) is 34.8 Å². The first-order valence-electron chi connectivity index (χ1n) is 14.1. The molecule has 1 fully saturated rings. The van der Waals surface area contributed by atoms with E-state index in [1.54, 1.807) is 28.8 Å². The first-order chi connectivity index (χ1) is 19.7. The number of imidazole rings is 1. The average molecular weight is 576 g/mol. The van der Waals surface area contributed by atoms with Crippen LogP contribution in [0.4, 0.5) is 5.69 Å². The van der Waals surface area contributed by atoms with Crippen LogP contribution in [0, 0.1) is 23.2 Å². The van der Waals surface area contributed by atoms with Gasteiger partial charge in [-0.25, -0.2) is 18.4 Å². The second kappa shape index (κ2) is 12.0. The van der Waals surface area contributed by atoms with Crippen molar-refractivity contribution in [3.63, 3.8) is 0 Å². The largest absolute Gasteiger partial charge is 0.364 e. The van der Waals surface area contributed by atoms with Gasteiger partial charge in [-0.05, 0) is 61.1 Å². The summed E-state index contributed by atoms with van der Waals surface area (Å²) >= 11 is 0. The van der Waals surface area contributed by atoms with Crippen LogP contribution in [0.25, 0.3) is 0 Å². The molecule has 2 aromatic heterocycles. The predicted molar refractivity (Wildman–Crippen MR) is 155 cm³/mol. The SMILES string of the molecule is CC(C)C(=O)N1CCC(CN(C2Cc3cc(C#N)ccc3N(Cc3cncn3C)C2)S(=O)(=O)c2ccccn2)CC1. The molecule has 0 spiro atoms. The van der Waals surface area contributed by atoms with Crippen LogP contribution in [0.3, 0.4) is 0 Å². The van der Waals surface area contributed by atoms with Crippen molar-refractivity contribution >= 4 is 21.6 Å². The quantitative estimate of drug-likeness (QED) is 0.405. The molecule has 3 aromatic rings. The van der Waals surface area contributed by atoms with E-state index >= 15 is 0 Å². The van der Waals surface area contributed by atoms with Gasteiger partial charge in [0.25, 0.3) is 10.0 Å². The maximum atomic E-state index is 14.2. The highest BCUT2D eigenvalue weighted by atomic mass is 32.2. The molecule has 0 aliphatic carbocycles. The van der Waals surface area contributed by atoms with Crippen LogP contribution in [0.15, 0.2) is 60.1 Å². The van der Waals surface area contributed by atoms with Gasteiger partial charge in [-0.3, -0.25) is 4.79 Å². The topological polar surface area (TPSA) is 115 Å². The van der Waals surface area contributed by atoms with Crippen molar-refractivity contribution in [3.8, 4) is 6.07 Å². The van der Waals surface area contributed by atoms with Gasteiger partial charge in [0.05, 0.1) is 30.2 Å². The lowest BCUT2D eigenvalue weighted by atomic mass is 9.93. The van der Waals surface area contributed by atoms with Crippen molar-refractivity contribution in [2.24, 2.45) is 18.9 Å². The zero-order valence-electron chi connectivity index (χ0n) is 23.8. The van der Waals surface area contributed by atoms with Crippen LogP contribution in [0.1, 0.15) is 43.5 Å². The number of pyridine rings is 1. The molecular weight excluding hydrogens is 538 g/mol. The molecule has 216 valence electrons. The van der Waals surface area contributed by atoms with E-state index < -0.39 is 10.0 Å². The van der Waals surface area contributed by atoms with Gasteiger partial charge in [-0.15, -0.1) is 0 Å². The van der Waals surface area contributed by atoms with Gasteiger partial charge < -0.3 is 14.4 Å². The second-order valence-corrected chi connectivity index (χ2v) is 13.2. The molecule has 1 aromatic carbocycles. The Morgan fingerprint density at radius 1 is 1.20 bits per heavy atom. The van der Waals surface area contributed by atoms with E-state index in [4.69, 9.17) is 0 Å². The Hall–Kier alpha value is -3.75. The van der Waals surface area contributed by atoms with Crippen LogP contribution in [0.2, 0.25) is 0 Å². The van der Waals surface area contributed by atoms with E-state index in [2.05, 4.69) is 20.9 Å².